The third-order valence-corrected chi connectivity index (χ3v) is 3.34. The van der Waals surface area contributed by atoms with Gasteiger partial charge in [0.2, 0.25) is 11.8 Å². The van der Waals surface area contributed by atoms with Gasteiger partial charge in [0, 0.05) is 13.1 Å². The summed E-state index contributed by atoms with van der Waals surface area (Å²) in [6.45, 7) is 1.88. The van der Waals surface area contributed by atoms with Crippen LogP contribution in [0.25, 0.3) is 0 Å². The molecule has 0 saturated heterocycles. The van der Waals surface area contributed by atoms with E-state index in [1.165, 1.54) is 0 Å². The summed E-state index contributed by atoms with van der Waals surface area (Å²) in [6.07, 6.45) is 4.61. The Morgan fingerprint density at radius 1 is 0.727 bits per heavy atom. The van der Waals surface area contributed by atoms with Crippen LogP contribution in [-0.4, -0.2) is 50.1 Å². The van der Waals surface area contributed by atoms with Crippen LogP contribution in [0.5, 0.6) is 0 Å². The molecule has 0 aromatic heterocycles. The van der Waals surface area contributed by atoms with E-state index in [2.05, 4.69) is 10.6 Å². The molecule has 0 aromatic rings. The van der Waals surface area contributed by atoms with Crippen molar-refractivity contribution in [2.24, 2.45) is 22.9 Å². The minimum absolute atomic E-state index is 0.210. The number of nitrogens with one attached hydrogen (secondary N) is 2. The van der Waals surface area contributed by atoms with Gasteiger partial charge in [-0.25, -0.2) is 0 Å². The molecule has 0 rings (SSSR count). The Morgan fingerprint density at radius 2 is 1.09 bits per heavy atom. The Bertz CT molecular complexity index is 284. The zero-order valence-corrected chi connectivity index (χ0v) is 13.4. The van der Waals surface area contributed by atoms with Crippen LogP contribution >= 0.6 is 0 Å². The SMILES string of the molecule is NCCCC[C@H](N)C(=O)NCCNC(=O)[C@@H](N)CCCCN. The van der Waals surface area contributed by atoms with Gasteiger partial charge in [0.1, 0.15) is 0 Å². The lowest BCUT2D eigenvalue weighted by atomic mass is 10.1. The molecule has 0 unspecified atom stereocenters. The standard InChI is InChI=1S/C14H32N6O2/c15-7-3-1-5-11(17)13(21)19-9-10-20-14(22)12(18)6-2-4-8-16/h11-12H,1-10,15-18H2,(H,19,21)(H,20,22)/t11-,12-/m0/s1. The molecule has 0 saturated carbocycles. The maximum Gasteiger partial charge on any atom is 0.236 e. The number of nitrogens with two attached hydrogens (primary N) is 4. The van der Waals surface area contributed by atoms with E-state index in [0.29, 0.717) is 39.0 Å². The number of amides is 2. The minimum atomic E-state index is -0.527. The maximum absolute atomic E-state index is 11.7. The van der Waals surface area contributed by atoms with Gasteiger partial charge in [-0.05, 0) is 38.8 Å². The number of hydrogen-bond donors (Lipinski definition) is 6. The fourth-order valence-corrected chi connectivity index (χ4v) is 1.91. The number of carbonyl (C=O) groups is 2. The fourth-order valence-electron chi connectivity index (χ4n) is 1.91. The van der Waals surface area contributed by atoms with Gasteiger partial charge in [-0.2, -0.15) is 0 Å². The monoisotopic (exact) mass is 316 g/mol. The minimum Gasteiger partial charge on any atom is -0.353 e. The van der Waals surface area contributed by atoms with Crippen molar-refractivity contribution in [3.8, 4) is 0 Å². The molecule has 0 spiro atoms. The zero-order valence-electron chi connectivity index (χ0n) is 13.4. The van der Waals surface area contributed by atoms with Gasteiger partial charge in [-0.1, -0.05) is 12.8 Å². The molecule has 2 amide bonds. The quantitative estimate of drug-likeness (QED) is 0.218. The Hall–Kier alpha value is -1.22. The molecule has 0 aromatic carbocycles. The van der Waals surface area contributed by atoms with Gasteiger partial charge in [0.05, 0.1) is 12.1 Å². The van der Waals surface area contributed by atoms with Crippen molar-refractivity contribution in [3.63, 3.8) is 0 Å². The van der Waals surface area contributed by atoms with Crippen LogP contribution in [0.3, 0.4) is 0 Å². The van der Waals surface area contributed by atoms with Gasteiger partial charge in [0.15, 0.2) is 0 Å². The van der Waals surface area contributed by atoms with Crippen molar-refractivity contribution >= 4 is 11.8 Å². The first-order valence-corrected chi connectivity index (χ1v) is 7.99. The van der Waals surface area contributed by atoms with Crippen LogP contribution in [0.15, 0.2) is 0 Å². The van der Waals surface area contributed by atoms with Gasteiger partial charge >= 0.3 is 0 Å². The largest absolute Gasteiger partial charge is 0.353 e. The highest BCUT2D eigenvalue weighted by atomic mass is 16.2. The summed E-state index contributed by atoms with van der Waals surface area (Å²) < 4.78 is 0. The molecule has 0 aliphatic heterocycles. The predicted molar refractivity (Wildman–Crippen MR) is 87.8 cm³/mol. The van der Waals surface area contributed by atoms with Crippen molar-refractivity contribution in [1.82, 2.24) is 10.6 Å². The molecule has 0 aliphatic rings. The van der Waals surface area contributed by atoms with E-state index < -0.39 is 12.1 Å². The van der Waals surface area contributed by atoms with Gasteiger partial charge in [-0.15, -0.1) is 0 Å². The highest BCUT2D eigenvalue weighted by Crippen LogP contribution is 1.98. The smallest absolute Gasteiger partial charge is 0.236 e. The third-order valence-electron chi connectivity index (χ3n) is 3.34. The Kier molecular flexibility index (Phi) is 12.7. The van der Waals surface area contributed by atoms with E-state index in [9.17, 15) is 9.59 Å². The summed E-state index contributed by atoms with van der Waals surface area (Å²) in [6, 6.07) is -1.05. The zero-order chi connectivity index (χ0) is 16.8. The molecule has 0 aliphatic carbocycles. The highest BCUT2D eigenvalue weighted by molar-refractivity contribution is 5.82. The van der Waals surface area contributed by atoms with Crippen molar-refractivity contribution in [1.29, 1.82) is 0 Å². The Labute approximate surface area is 132 Å². The molecule has 10 N–H and O–H groups in total. The lowest BCUT2D eigenvalue weighted by Crippen LogP contribution is -2.46. The lowest BCUT2D eigenvalue weighted by Gasteiger charge is -2.14. The molecule has 2 atom stereocenters. The molecule has 8 heteroatoms. The van der Waals surface area contributed by atoms with Crippen LogP contribution in [-0.2, 0) is 9.59 Å². The van der Waals surface area contributed by atoms with Crippen molar-refractivity contribution in [3.05, 3.63) is 0 Å². The summed E-state index contributed by atoms with van der Waals surface area (Å²) in [5, 5.41) is 5.38. The average molecular weight is 316 g/mol. The summed E-state index contributed by atoms with van der Waals surface area (Å²) in [5.74, 6) is -0.419. The fraction of sp³-hybridized carbons (Fsp3) is 0.857. The molecular weight excluding hydrogens is 284 g/mol. The van der Waals surface area contributed by atoms with E-state index in [1.807, 2.05) is 0 Å². The van der Waals surface area contributed by atoms with Crippen LogP contribution in [0.2, 0.25) is 0 Å². The van der Waals surface area contributed by atoms with Crippen molar-refractivity contribution < 1.29 is 9.59 Å². The molecule has 0 heterocycles. The Balaban J connectivity index is 3.69. The molecular formula is C14H32N6O2. The first kappa shape index (κ1) is 20.8. The Morgan fingerprint density at radius 3 is 1.41 bits per heavy atom. The summed E-state index contributed by atoms with van der Waals surface area (Å²) in [5.41, 5.74) is 22.3. The number of rotatable bonds is 13. The van der Waals surface area contributed by atoms with Crippen LogP contribution < -0.4 is 33.6 Å². The second kappa shape index (κ2) is 13.4. The highest BCUT2D eigenvalue weighted by Gasteiger charge is 2.14. The number of unbranched alkanes of at least 4 members (excludes halogenated alkanes) is 2. The summed E-state index contributed by atoms with van der Waals surface area (Å²) >= 11 is 0. The van der Waals surface area contributed by atoms with E-state index in [0.717, 1.165) is 25.7 Å². The van der Waals surface area contributed by atoms with Crippen molar-refractivity contribution in [2.45, 2.75) is 50.6 Å². The molecule has 22 heavy (non-hydrogen) atoms. The maximum atomic E-state index is 11.7. The van der Waals surface area contributed by atoms with E-state index in [1.54, 1.807) is 0 Å². The van der Waals surface area contributed by atoms with Gasteiger partial charge in [-0.3, -0.25) is 9.59 Å². The van der Waals surface area contributed by atoms with E-state index >= 15 is 0 Å². The van der Waals surface area contributed by atoms with Crippen LogP contribution in [0.4, 0.5) is 0 Å². The molecule has 0 fully saturated rings. The van der Waals surface area contributed by atoms with Crippen molar-refractivity contribution in [2.75, 3.05) is 26.2 Å². The van der Waals surface area contributed by atoms with Crippen LogP contribution in [0, 0.1) is 0 Å². The summed E-state index contributed by atoms with van der Waals surface area (Å²) in [7, 11) is 0. The molecule has 130 valence electrons. The normalized spacial score (nSPS) is 13.5. The second-order valence-electron chi connectivity index (χ2n) is 5.36. The third kappa shape index (κ3) is 10.5. The first-order valence-electron chi connectivity index (χ1n) is 7.99. The first-order chi connectivity index (χ1) is 10.5. The number of carbonyl (C=O) groups excluding carboxylic acids is 2. The topological polar surface area (TPSA) is 162 Å². The van der Waals surface area contributed by atoms with Crippen LogP contribution in [0.1, 0.15) is 38.5 Å². The molecule has 8 nitrogen and oxygen atoms in total. The van der Waals surface area contributed by atoms with E-state index in [-0.39, 0.29) is 11.8 Å². The summed E-state index contributed by atoms with van der Waals surface area (Å²) in [4.78, 5) is 23.3. The molecule has 0 bridgehead atoms. The van der Waals surface area contributed by atoms with Gasteiger partial charge in [0.25, 0.3) is 0 Å². The average Bonchev–Trinajstić information content (AvgIpc) is 2.51. The van der Waals surface area contributed by atoms with Gasteiger partial charge < -0.3 is 33.6 Å². The van der Waals surface area contributed by atoms with E-state index in [4.69, 9.17) is 22.9 Å². The lowest BCUT2D eigenvalue weighted by molar-refractivity contribution is -0.124. The number of hydrogen-bond acceptors (Lipinski definition) is 6. The molecule has 0 radical (unpaired) electrons. The second-order valence-corrected chi connectivity index (χ2v) is 5.36. The predicted octanol–water partition coefficient (Wildman–Crippen LogP) is -1.87.